The molecule has 2 saturated heterocycles. The van der Waals surface area contributed by atoms with Crippen LogP contribution < -0.4 is 5.32 Å². The van der Waals surface area contributed by atoms with Crippen LogP contribution in [-0.4, -0.2) is 61.9 Å². The van der Waals surface area contributed by atoms with Gasteiger partial charge in [-0.1, -0.05) is 0 Å². The number of piperidine rings is 1. The number of ether oxygens (including phenoxy) is 1. The standard InChI is InChI=1S/C11H20N2O3/c1-13-4-2-9(3-5-13)12-10(15)11(6-14)7-16-8-11/h9,14H,2-8H2,1H3,(H,12,15). The van der Waals surface area contributed by atoms with Crippen molar-refractivity contribution in [3.05, 3.63) is 0 Å². The van der Waals surface area contributed by atoms with Gasteiger partial charge in [0.15, 0.2) is 0 Å². The lowest BCUT2D eigenvalue weighted by atomic mass is 9.85. The molecule has 0 aromatic carbocycles. The Labute approximate surface area is 95.8 Å². The summed E-state index contributed by atoms with van der Waals surface area (Å²) in [5.41, 5.74) is -0.663. The Hall–Kier alpha value is -0.650. The fourth-order valence-corrected chi connectivity index (χ4v) is 2.13. The lowest BCUT2D eigenvalue weighted by molar-refractivity contribution is -0.170. The molecule has 0 atom stereocenters. The number of carbonyl (C=O) groups is 1. The third kappa shape index (κ3) is 2.21. The third-order valence-corrected chi connectivity index (χ3v) is 3.59. The van der Waals surface area contributed by atoms with Gasteiger partial charge in [-0.15, -0.1) is 0 Å². The Morgan fingerprint density at radius 2 is 2.12 bits per heavy atom. The average molecular weight is 228 g/mol. The zero-order valence-corrected chi connectivity index (χ0v) is 9.74. The van der Waals surface area contributed by atoms with Crippen LogP contribution in [0.1, 0.15) is 12.8 Å². The molecule has 0 saturated carbocycles. The number of amides is 1. The number of nitrogens with zero attached hydrogens (tertiary/aromatic N) is 1. The molecule has 5 heteroatoms. The van der Waals surface area contributed by atoms with Crippen molar-refractivity contribution in [2.24, 2.45) is 5.41 Å². The lowest BCUT2D eigenvalue weighted by Gasteiger charge is -2.40. The van der Waals surface area contributed by atoms with E-state index in [-0.39, 0.29) is 18.6 Å². The summed E-state index contributed by atoms with van der Waals surface area (Å²) in [5.74, 6) is -0.0456. The smallest absolute Gasteiger partial charge is 0.233 e. The van der Waals surface area contributed by atoms with Gasteiger partial charge in [0.2, 0.25) is 5.91 Å². The van der Waals surface area contributed by atoms with Gasteiger partial charge in [0.1, 0.15) is 5.41 Å². The van der Waals surface area contributed by atoms with Crippen molar-refractivity contribution < 1.29 is 14.6 Å². The van der Waals surface area contributed by atoms with E-state index in [1.165, 1.54) is 0 Å². The normalized spacial score (nSPS) is 26.1. The number of aliphatic hydroxyl groups excluding tert-OH is 1. The number of likely N-dealkylation sites (tertiary alicyclic amines) is 1. The van der Waals surface area contributed by atoms with Gasteiger partial charge in [-0.25, -0.2) is 0 Å². The van der Waals surface area contributed by atoms with Crippen molar-refractivity contribution >= 4 is 5.91 Å². The summed E-state index contributed by atoms with van der Waals surface area (Å²) in [4.78, 5) is 14.2. The van der Waals surface area contributed by atoms with E-state index in [0.717, 1.165) is 25.9 Å². The SMILES string of the molecule is CN1CCC(NC(=O)C2(CO)COC2)CC1. The number of carbonyl (C=O) groups excluding carboxylic acids is 1. The molecule has 0 aromatic heterocycles. The maximum atomic E-state index is 12.0. The Morgan fingerprint density at radius 1 is 1.50 bits per heavy atom. The molecule has 2 heterocycles. The summed E-state index contributed by atoms with van der Waals surface area (Å²) < 4.78 is 5.03. The Kier molecular flexibility index (Phi) is 3.47. The van der Waals surface area contributed by atoms with Crippen molar-refractivity contribution in [2.75, 3.05) is 40.0 Å². The first-order chi connectivity index (χ1) is 7.66. The van der Waals surface area contributed by atoms with Crippen LogP contribution in [0.3, 0.4) is 0 Å². The fraction of sp³-hybridized carbons (Fsp3) is 0.909. The molecule has 2 aliphatic rings. The van der Waals surface area contributed by atoms with Crippen molar-refractivity contribution in [2.45, 2.75) is 18.9 Å². The van der Waals surface area contributed by atoms with Gasteiger partial charge in [0.05, 0.1) is 19.8 Å². The molecule has 5 nitrogen and oxygen atoms in total. The van der Waals surface area contributed by atoms with Crippen LogP contribution in [0.2, 0.25) is 0 Å². The summed E-state index contributed by atoms with van der Waals surface area (Å²) in [6, 6.07) is 0.257. The first-order valence-electron chi connectivity index (χ1n) is 5.84. The Morgan fingerprint density at radius 3 is 2.56 bits per heavy atom. The minimum absolute atomic E-state index is 0.0456. The van der Waals surface area contributed by atoms with Crippen LogP contribution in [0, 0.1) is 5.41 Å². The molecule has 2 rings (SSSR count). The second-order valence-electron chi connectivity index (χ2n) is 4.98. The van der Waals surface area contributed by atoms with E-state index in [0.29, 0.717) is 13.2 Å². The summed E-state index contributed by atoms with van der Waals surface area (Å²) in [7, 11) is 2.09. The molecule has 1 amide bonds. The summed E-state index contributed by atoms with van der Waals surface area (Å²) >= 11 is 0. The number of aliphatic hydroxyl groups is 1. The van der Waals surface area contributed by atoms with Crippen LogP contribution in [0.5, 0.6) is 0 Å². The molecule has 2 fully saturated rings. The molecule has 16 heavy (non-hydrogen) atoms. The van der Waals surface area contributed by atoms with Gasteiger partial charge in [0, 0.05) is 6.04 Å². The van der Waals surface area contributed by atoms with E-state index in [1.807, 2.05) is 0 Å². The minimum Gasteiger partial charge on any atom is -0.395 e. The zero-order valence-electron chi connectivity index (χ0n) is 9.74. The van der Waals surface area contributed by atoms with Crippen LogP contribution in [0.15, 0.2) is 0 Å². The highest BCUT2D eigenvalue weighted by molar-refractivity contribution is 5.84. The number of hydrogen-bond acceptors (Lipinski definition) is 4. The first-order valence-corrected chi connectivity index (χ1v) is 5.84. The third-order valence-electron chi connectivity index (χ3n) is 3.59. The van der Waals surface area contributed by atoms with Gasteiger partial charge >= 0.3 is 0 Å². The van der Waals surface area contributed by atoms with E-state index in [2.05, 4.69) is 17.3 Å². The molecule has 2 aliphatic heterocycles. The Bertz CT molecular complexity index is 252. The van der Waals surface area contributed by atoms with Gasteiger partial charge in [-0.05, 0) is 33.0 Å². The molecule has 0 radical (unpaired) electrons. The van der Waals surface area contributed by atoms with Crippen molar-refractivity contribution in [3.63, 3.8) is 0 Å². The maximum Gasteiger partial charge on any atom is 0.233 e. The van der Waals surface area contributed by atoms with E-state index < -0.39 is 5.41 Å². The Balaban J connectivity index is 1.83. The molecule has 92 valence electrons. The molecule has 2 N–H and O–H groups in total. The highest BCUT2D eigenvalue weighted by atomic mass is 16.5. The maximum absolute atomic E-state index is 12.0. The molecule has 0 bridgehead atoms. The van der Waals surface area contributed by atoms with Gasteiger partial charge in [-0.3, -0.25) is 4.79 Å². The van der Waals surface area contributed by atoms with E-state index in [4.69, 9.17) is 4.74 Å². The zero-order chi connectivity index (χ0) is 11.6. The van der Waals surface area contributed by atoms with Crippen LogP contribution in [0.25, 0.3) is 0 Å². The van der Waals surface area contributed by atoms with Gasteiger partial charge in [-0.2, -0.15) is 0 Å². The van der Waals surface area contributed by atoms with E-state index >= 15 is 0 Å². The molecular formula is C11H20N2O3. The van der Waals surface area contributed by atoms with Crippen LogP contribution in [0.4, 0.5) is 0 Å². The average Bonchev–Trinajstić information content (AvgIpc) is 2.21. The van der Waals surface area contributed by atoms with Crippen molar-refractivity contribution in [1.29, 1.82) is 0 Å². The summed E-state index contributed by atoms with van der Waals surface area (Å²) in [5, 5.41) is 12.3. The minimum atomic E-state index is -0.663. The number of hydrogen-bond donors (Lipinski definition) is 2. The number of nitrogens with one attached hydrogen (secondary N) is 1. The second-order valence-corrected chi connectivity index (χ2v) is 4.98. The monoisotopic (exact) mass is 228 g/mol. The second kappa shape index (κ2) is 4.69. The largest absolute Gasteiger partial charge is 0.395 e. The number of rotatable bonds is 3. The quantitative estimate of drug-likeness (QED) is 0.664. The van der Waals surface area contributed by atoms with Gasteiger partial charge < -0.3 is 20.1 Å². The van der Waals surface area contributed by atoms with Crippen LogP contribution >= 0.6 is 0 Å². The molecule has 0 spiro atoms. The van der Waals surface area contributed by atoms with Crippen molar-refractivity contribution in [3.8, 4) is 0 Å². The predicted molar refractivity (Wildman–Crippen MR) is 59.0 cm³/mol. The highest BCUT2D eigenvalue weighted by Gasteiger charge is 2.46. The summed E-state index contributed by atoms with van der Waals surface area (Å²) in [6.45, 7) is 2.62. The highest BCUT2D eigenvalue weighted by Crippen LogP contribution is 2.27. The van der Waals surface area contributed by atoms with E-state index in [9.17, 15) is 9.90 Å². The predicted octanol–water partition coefficient (Wildman–Crippen LogP) is -0.794. The fourth-order valence-electron chi connectivity index (χ4n) is 2.13. The van der Waals surface area contributed by atoms with Crippen LogP contribution in [-0.2, 0) is 9.53 Å². The molecule has 0 aromatic rings. The van der Waals surface area contributed by atoms with Crippen molar-refractivity contribution in [1.82, 2.24) is 10.2 Å². The topological polar surface area (TPSA) is 61.8 Å². The van der Waals surface area contributed by atoms with Gasteiger partial charge in [0.25, 0.3) is 0 Å². The summed E-state index contributed by atoms with van der Waals surface area (Å²) in [6.07, 6.45) is 1.98. The molecular weight excluding hydrogens is 208 g/mol. The first kappa shape index (κ1) is 11.8. The lowest BCUT2D eigenvalue weighted by Crippen LogP contribution is -2.59. The molecule has 0 aliphatic carbocycles. The molecule has 0 unspecified atom stereocenters. The van der Waals surface area contributed by atoms with E-state index in [1.54, 1.807) is 0 Å².